The molecule has 0 fully saturated rings. The van der Waals surface area contributed by atoms with Crippen molar-refractivity contribution < 1.29 is 63.2 Å². The second-order valence-corrected chi connectivity index (χ2v) is 51.6. The van der Waals surface area contributed by atoms with E-state index in [1.54, 1.807) is 145 Å². The molecule has 3 aromatic heterocycles. The number of unbranched alkanes of at least 4 members (excludes halogenated alkanes) is 18. The third kappa shape index (κ3) is 66.0. The van der Waals surface area contributed by atoms with Gasteiger partial charge in [-0.1, -0.05) is 309 Å². The van der Waals surface area contributed by atoms with Crippen LogP contribution in [0.15, 0.2) is 109 Å². The van der Waals surface area contributed by atoms with E-state index < -0.39 is 0 Å². The van der Waals surface area contributed by atoms with Gasteiger partial charge in [0, 0.05) is 94.9 Å². The summed E-state index contributed by atoms with van der Waals surface area (Å²) in [5, 5.41) is 0. The van der Waals surface area contributed by atoms with Gasteiger partial charge in [0.2, 0.25) is 0 Å². The van der Waals surface area contributed by atoms with Crippen molar-refractivity contribution in [1.82, 2.24) is 0 Å². The zero-order valence-electron chi connectivity index (χ0n) is 80.9. The molecule has 0 spiro atoms. The van der Waals surface area contributed by atoms with Crippen LogP contribution in [0.25, 0.3) is 31.3 Å². The van der Waals surface area contributed by atoms with Gasteiger partial charge in [0.05, 0.1) is 0 Å². The smallest absolute Gasteiger partial charge is 0.0462 e. The van der Waals surface area contributed by atoms with Crippen molar-refractivity contribution in [1.29, 1.82) is 0 Å². The first-order valence-corrected chi connectivity index (χ1v) is 62.6. The molecule has 6 rings (SSSR count). The molecule has 0 amide bonds. The van der Waals surface area contributed by atoms with Gasteiger partial charge in [-0.25, -0.2) is 34.0 Å². The molecule has 1 nitrogen and oxygen atoms in total. The summed E-state index contributed by atoms with van der Waals surface area (Å²) in [4.78, 5) is 8.00. The monoisotopic (exact) mass is 2360 g/mol. The Hall–Kier alpha value is -0.115. The Kier molecular flexibility index (Phi) is 97.9. The Labute approximate surface area is 817 Å². The molecule has 121 heavy (non-hydrogen) atoms. The van der Waals surface area contributed by atoms with E-state index in [-0.39, 0.29) is 63.2 Å². The third-order valence-electron chi connectivity index (χ3n) is 21.3. The van der Waals surface area contributed by atoms with Crippen molar-refractivity contribution in [3.63, 3.8) is 0 Å². The SMILES string of the molecule is CCCCP(CCCC)CCCC.CCCCP(CCCC)CCCC.CCCCP(CCCC)CCCC.CCCCP(CCCC)CCCC.CCCCP(CCCC)CCCC.CCCCP(CCCC)CCCC.[C-]#Cc1ccc(-c2ccc(N(c3ccc(-c4ccc(C#[C-])s4)cc3)c3ccc(-c4ccc(C#[C-])s4)cc3)cc2)s1.[Pt].[Pt].[Pt]. The Morgan fingerprint density at radius 3 is 0.421 bits per heavy atom. The summed E-state index contributed by atoms with van der Waals surface area (Å²) in [6, 6.07) is 37.3. The van der Waals surface area contributed by atoms with Crippen LogP contribution in [0.4, 0.5) is 17.1 Å². The quantitative estimate of drug-likeness (QED) is 0.0209. The van der Waals surface area contributed by atoms with Crippen LogP contribution in [-0.2, 0) is 63.2 Å². The molecule has 3 heterocycles. The summed E-state index contributed by atoms with van der Waals surface area (Å²) in [7, 11) is 2.53. The number of nitrogens with zero attached hydrogens (tertiary/aromatic N) is 1. The van der Waals surface area contributed by atoms with Gasteiger partial charge in [0.15, 0.2) is 0 Å². The van der Waals surface area contributed by atoms with Crippen LogP contribution in [0.5, 0.6) is 0 Å². The summed E-state index contributed by atoms with van der Waals surface area (Å²) in [6.45, 7) is 41.6. The van der Waals surface area contributed by atoms with E-state index in [0.717, 1.165) is 63.0 Å². The van der Waals surface area contributed by atoms with Crippen molar-refractivity contribution in [3.05, 3.63) is 143 Å². The van der Waals surface area contributed by atoms with Gasteiger partial charge in [0.25, 0.3) is 0 Å². The van der Waals surface area contributed by atoms with Crippen LogP contribution in [0.3, 0.4) is 0 Å². The molecular formula is C108H180NP6Pt3S3-3. The third-order valence-corrected chi connectivity index (χ3v) is 41.5. The minimum absolute atomic E-state index is 0. The number of benzene rings is 3. The first-order valence-electron chi connectivity index (χ1n) is 48.8. The Bertz CT molecular complexity index is 2730. The molecular weight excluding hydrogens is 2180 g/mol. The van der Waals surface area contributed by atoms with Crippen molar-refractivity contribution in [3.8, 4) is 49.1 Å². The number of thiophene rings is 3. The van der Waals surface area contributed by atoms with Crippen molar-refractivity contribution >= 4 is 98.6 Å². The molecule has 0 aliphatic carbocycles. The molecule has 0 unspecified atom stereocenters. The predicted molar refractivity (Wildman–Crippen MR) is 567 cm³/mol. The second-order valence-electron chi connectivity index (χ2n) is 32.3. The normalized spacial score (nSPS) is 10.6. The first kappa shape index (κ1) is 127. The van der Waals surface area contributed by atoms with Crippen LogP contribution in [0.2, 0.25) is 0 Å². The van der Waals surface area contributed by atoms with E-state index >= 15 is 0 Å². The van der Waals surface area contributed by atoms with Crippen molar-refractivity contribution in [2.45, 2.75) is 356 Å². The molecule has 13 heteroatoms. The topological polar surface area (TPSA) is 3.24 Å². The minimum atomic E-state index is 0. The van der Waals surface area contributed by atoms with Gasteiger partial charge in [-0.05, 0) is 280 Å². The molecule has 698 valence electrons. The molecule has 0 radical (unpaired) electrons. The van der Waals surface area contributed by atoms with Crippen molar-refractivity contribution in [2.75, 3.05) is 116 Å². The van der Waals surface area contributed by atoms with Crippen LogP contribution in [0.1, 0.15) is 370 Å². The maximum absolute atomic E-state index is 7.39. The number of rotatable bonds is 60. The summed E-state index contributed by atoms with van der Waals surface area (Å²) in [6.07, 6.45) is 101. The molecule has 3 aromatic carbocycles. The molecule has 0 aliphatic rings. The van der Waals surface area contributed by atoms with Crippen LogP contribution in [0, 0.1) is 37.0 Å². The van der Waals surface area contributed by atoms with Crippen LogP contribution < -0.4 is 4.90 Å². The average molecular weight is 2360 g/mol. The number of hydrogen-bond donors (Lipinski definition) is 0. The molecule has 0 saturated heterocycles. The predicted octanol–water partition coefficient (Wildman–Crippen LogP) is 39.4. The molecule has 6 aromatic rings. The van der Waals surface area contributed by atoms with Crippen LogP contribution >= 0.6 is 81.5 Å². The molecule has 0 N–H and O–H groups in total. The molecule has 0 atom stereocenters. The van der Waals surface area contributed by atoms with E-state index in [0.29, 0.717) is 47.5 Å². The largest absolute Gasteiger partial charge is 0.365 e. The van der Waals surface area contributed by atoms with Crippen LogP contribution in [-0.4, -0.2) is 111 Å². The fourth-order valence-electron chi connectivity index (χ4n) is 13.3. The zero-order chi connectivity index (χ0) is 87.1. The summed E-state index contributed by atoms with van der Waals surface area (Å²) in [5.74, 6) is 7.40. The first-order chi connectivity index (χ1) is 57.7. The standard InChI is InChI=1S/C36H18NS3.6C12H27P.3Pt/c1-4-31-19-22-34(38-31)25-7-13-28(14-8-25)37(29-15-9-26(10-16-29)35-23-20-32(5-2)39-35)30-17-11-27(12-18-30)36-24-21-33(6-3)40-36;6*1-4-7-10-13(11-8-5-2)12-9-6-3;;;/h7-24H;6*4-12H2,1-3H3;;;/q-3;;;;;;;;;. The van der Waals surface area contributed by atoms with E-state index in [1.165, 1.54) is 231 Å². The molecule has 0 bridgehead atoms. The van der Waals surface area contributed by atoms with E-state index in [2.05, 4.69) is 220 Å². The molecule has 0 aliphatic heterocycles. The Balaban J connectivity index is -0.000000715. The average Bonchev–Trinajstić information content (AvgIpc) is 1.69. The Morgan fingerprint density at radius 2 is 0.322 bits per heavy atom. The summed E-state index contributed by atoms with van der Waals surface area (Å²) < 4.78 is 0. The fourth-order valence-corrected chi connectivity index (χ4v) is 33.5. The van der Waals surface area contributed by atoms with E-state index in [4.69, 9.17) is 19.3 Å². The second kappa shape index (κ2) is 93.1. The van der Waals surface area contributed by atoms with Gasteiger partial charge in [0.1, 0.15) is 0 Å². The number of hydrogen-bond acceptors (Lipinski definition) is 4. The van der Waals surface area contributed by atoms with E-state index in [1.807, 2.05) is 36.4 Å². The summed E-state index contributed by atoms with van der Waals surface area (Å²) in [5.41, 5.74) is 6.42. The fraction of sp³-hybridized carbons (Fsp3) is 0.667. The Morgan fingerprint density at radius 1 is 0.198 bits per heavy atom. The van der Waals surface area contributed by atoms with Gasteiger partial charge >= 0.3 is 0 Å². The minimum Gasteiger partial charge on any atom is -0.365 e. The maximum Gasteiger partial charge on any atom is 0.0462 e. The summed E-state index contributed by atoms with van der Waals surface area (Å²) >= 11 is 4.67. The molecule has 0 saturated carbocycles. The van der Waals surface area contributed by atoms with Gasteiger partial charge < -0.3 is 24.2 Å². The van der Waals surface area contributed by atoms with Crippen molar-refractivity contribution in [2.24, 2.45) is 0 Å². The zero-order valence-corrected chi connectivity index (χ0v) is 95.5. The van der Waals surface area contributed by atoms with Gasteiger partial charge in [-0.2, -0.15) is 0 Å². The van der Waals surface area contributed by atoms with Gasteiger partial charge in [-0.15, -0.1) is 65.7 Å². The maximum atomic E-state index is 7.39. The van der Waals surface area contributed by atoms with Gasteiger partial charge in [-0.3, -0.25) is 17.8 Å². The number of anilines is 3. The van der Waals surface area contributed by atoms with E-state index in [9.17, 15) is 0 Å².